The fourth-order valence-corrected chi connectivity index (χ4v) is 2.92. The van der Waals surface area contributed by atoms with E-state index in [1.807, 2.05) is 41.1 Å². The van der Waals surface area contributed by atoms with Crippen LogP contribution in [0.25, 0.3) is 10.9 Å². The van der Waals surface area contributed by atoms with Crippen LogP contribution in [-0.4, -0.2) is 16.7 Å². The third kappa shape index (κ3) is 3.21. The van der Waals surface area contributed by atoms with Gasteiger partial charge in [0.05, 0.1) is 17.8 Å². The number of hydrogen-bond donors (Lipinski definition) is 1. The lowest BCUT2D eigenvalue weighted by molar-refractivity contribution is 0.0954. The minimum Gasteiger partial charge on any atom is -0.333 e. The molecule has 0 aliphatic heterocycles. The monoisotopic (exact) mass is 380 g/mol. The molecule has 0 fully saturated rings. The molecule has 0 radical (unpaired) electrons. The topological polar surface area (TPSA) is 70.2 Å². The number of carbonyl (C=O) groups excluding carboxylic acids is 1. The van der Waals surface area contributed by atoms with Gasteiger partial charge in [-0.3, -0.25) is 4.79 Å². The van der Waals surface area contributed by atoms with Gasteiger partial charge in [0.2, 0.25) is 0 Å². The average molecular weight is 381 g/mol. The van der Waals surface area contributed by atoms with Crippen LogP contribution in [0.15, 0.2) is 64.3 Å². The number of hydrogen-bond acceptors (Lipinski definition) is 3. The molecule has 0 spiro atoms. The van der Waals surface area contributed by atoms with Crippen molar-refractivity contribution in [1.82, 2.24) is 9.99 Å². The van der Waals surface area contributed by atoms with Gasteiger partial charge in [-0.15, -0.1) is 0 Å². The van der Waals surface area contributed by atoms with Crippen molar-refractivity contribution < 1.29 is 4.79 Å². The van der Waals surface area contributed by atoms with E-state index in [-0.39, 0.29) is 12.5 Å². The Labute approximate surface area is 147 Å². The summed E-state index contributed by atoms with van der Waals surface area (Å²) >= 11 is 3.34. The first-order valence-corrected chi connectivity index (χ1v) is 8.03. The van der Waals surface area contributed by atoms with Gasteiger partial charge in [0, 0.05) is 27.1 Å². The summed E-state index contributed by atoms with van der Waals surface area (Å²) in [6, 6.07) is 17.0. The number of para-hydroxylation sites is 1. The molecule has 3 aromatic rings. The molecule has 118 valence electrons. The van der Waals surface area contributed by atoms with Crippen LogP contribution in [0.2, 0.25) is 0 Å². The number of rotatable bonds is 4. The Morgan fingerprint density at radius 2 is 2.00 bits per heavy atom. The third-order valence-corrected chi connectivity index (χ3v) is 4.24. The standard InChI is InChI=1S/C18H13BrN4O/c19-16-7-3-1-6-15(16)18(24)22-21-11-13-12-23(10-9-20)17-8-4-2-5-14(13)17/h1-8,11-12H,10H2,(H,22,24)/b21-11-. The number of nitrogens with one attached hydrogen (secondary N) is 1. The number of benzene rings is 2. The highest BCUT2D eigenvalue weighted by Crippen LogP contribution is 2.20. The molecule has 1 aromatic heterocycles. The van der Waals surface area contributed by atoms with E-state index >= 15 is 0 Å². The molecule has 0 atom stereocenters. The van der Waals surface area contributed by atoms with Crippen LogP contribution in [0.3, 0.4) is 0 Å². The molecule has 1 heterocycles. The number of halogens is 1. The van der Waals surface area contributed by atoms with E-state index in [1.54, 1.807) is 24.4 Å². The first-order chi connectivity index (χ1) is 11.7. The molecule has 24 heavy (non-hydrogen) atoms. The predicted molar refractivity (Wildman–Crippen MR) is 96.8 cm³/mol. The lowest BCUT2D eigenvalue weighted by atomic mass is 10.2. The molecule has 0 aliphatic carbocycles. The zero-order valence-electron chi connectivity index (χ0n) is 12.6. The summed E-state index contributed by atoms with van der Waals surface area (Å²) in [6.45, 7) is 0.262. The fraction of sp³-hybridized carbons (Fsp3) is 0.0556. The van der Waals surface area contributed by atoms with Gasteiger partial charge in [0.15, 0.2) is 0 Å². The van der Waals surface area contributed by atoms with E-state index in [2.05, 4.69) is 32.5 Å². The van der Waals surface area contributed by atoms with Gasteiger partial charge >= 0.3 is 0 Å². The summed E-state index contributed by atoms with van der Waals surface area (Å²) in [5.41, 5.74) is 4.83. The van der Waals surface area contributed by atoms with E-state index in [0.717, 1.165) is 16.5 Å². The SMILES string of the molecule is N#CCn1cc(/C=N\NC(=O)c2ccccc2Br)c2ccccc21. The average Bonchev–Trinajstić information content (AvgIpc) is 2.94. The highest BCUT2D eigenvalue weighted by molar-refractivity contribution is 9.10. The molecular weight excluding hydrogens is 368 g/mol. The maximum Gasteiger partial charge on any atom is 0.272 e. The molecule has 1 amide bonds. The number of nitriles is 1. The molecule has 0 unspecified atom stereocenters. The van der Waals surface area contributed by atoms with Crippen molar-refractivity contribution in [2.45, 2.75) is 6.54 Å². The van der Waals surface area contributed by atoms with E-state index in [4.69, 9.17) is 5.26 Å². The van der Waals surface area contributed by atoms with Crippen LogP contribution in [0, 0.1) is 11.3 Å². The number of hydrazone groups is 1. The predicted octanol–water partition coefficient (Wildman–Crippen LogP) is 3.69. The molecule has 0 saturated carbocycles. The molecule has 0 aliphatic rings. The zero-order valence-corrected chi connectivity index (χ0v) is 14.2. The normalized spacial score (nSPS) is 10.8. The third-order valence-electron chi connectivity index (χ3n) is 3.55. The maximum absolute atomic E-state index is 12.1. The summed E-state index contributed by atoms with van der Waals surface area (Å²) < 4.78 is 2.56. The Morgan fingerprint density at radius 3 is 2.79 bits per heavy atom. The molecule has 0 saturated heterocycles. The summed E-state index contributed by atoms with van der Waals surface area (Å²) in [6.07, 6.45) is 3.44. The lowest BCUT2D eigenvalue weighted by Gasteiger charge is -2.01. The summed E-state index contributed by atoms with van der Waals surface area (Å²) in [7, 11) is 0. The van der Waals surface area contributed by atoms with Crippen LogP contribution in [0.5, 0.6) is 0 Å². The lowest BCUT2D eigenvalue weighted by Crippen LogP contribution is -2.18. The van der Waals surface area contributed by atoms with Crippen LogP contribution in [0.4, 0.5) is 0 Å². The van der Waals surface area contributed by atoms with Gasteiger partial charge in [-0.25, -0.2) is 5.43 Å². The molecular formula is C18H13BrN4O. The first-order valence-electron chi connectivity index (χ1n) is 7.23. The van der Waals surface area contributed by atoms with Crippen LogP contribution in [-0.2, 0) is 6.54 Å². The van der Waals surface area contributed by atoms with Gasteiger partial charge in [-0.2, -0.15) is 10.4 Å². The van der Waals surface area contributed by atoms with Gasteiger partial charge in [-0.1, -0.05) is 30.3 Å². The number of carbonyl (C=O) groups is 1. The van der Waals surface area contributed by atoms with Gasteiger partial charge in [-0.05, 0) is 34.1 Å². The smallest absolute Gasteiger partial charge is 0.272 e. The highest BCUT2D eigenvalue weighted by atomic mass is 79.9. The summed E-state index contributed by atoms with van der Waals surface area (Å²) in [5.74, 6) is -0.292. The highest BCUT2D eigenvalue weighted by Gasteiger charge is 2.08. The largest absolute Gasteiger partial charge is 0.333 e. The van der Waals surface area contributed by atoms with Gasteiger partial charge in [0.25, 0.3) is 5.91 Å². The summed E-state index contributed by atoms with van der Waals surface area (Å²) in [5, 5.41) is 13.9. The molecule has 3 rings (SSSR count). The van der Waals surface area contributed by atoms with E-state index in [0.29, 0.717) is 10.0 Å². The van der Waals surface area contributed by atoms with E-state index < -0.39 is 0 Å². The Balaban J connectivity index is 1.83. The number of fused-ring (bicyclic) bond motifs is 1. The van der Waals surface area contributed by atoms with E-state index in [9.17, 15) is 4.79 Å². The van der Waals surface area contributed by atoms with Gasteiger partial charge < -0.3 is 4.57 Å². The van der Waals surface area contributed by atoms with Crippen molar-refractivity contribution in [1.29, 1.82) is 5.26 Å². The van der Waals surface area contributed by atoms with Crippen molar-refractivity contribution in [3.05, 3.63) is 70.3 Å². The molecule has 2 aromatic carbocycles. The van der Waals surface area contributed by atoms with Crippen molar-refractivity contribution in [2.75, 3.05) is 0 Å². The van der Waals surface area contributed by atoms with Gasteiger partial charge in [0.1, 0.15) is 6.54 Å². The zero-order chi connectivity index (χ0) is 16.9. The van der Waals surface area contributed by atoms with Crippen molar-refractivity contribution >= 4 is 39.0 Å². The van der Waals surface area contributed by atoms with Crippen molar-refractivity contribution in [2.24, 2.45) is 5.10 Å². The second-order valence-electron chi connectivity index (χ2n) is 5.07. The second kappa shape index (κ2) is 7.11. The van der Waals surface area contributed by atoms with Crippen molar-refractivity contribution in [3.63, 3.8) is 0 Å². The molecule has 0 bridgehead atoms. The number of aromatic nitrogens is 1. The van der Waals surface area contributed by atoms with Crippen molar-refractivity contribution in [3.8, 4) is 6.07 Å². The second-order valence-corrected chi connectivity index (χ2v) is 5.92. The minimum atomic E-state index is -0.292. The Bertz CT molecular complexity index is 969. The minimum absolute atomic E-state index is 0.262. The molecule has 6 heteroatoms. The van der Waals surface area contributed by atoms with Crippen LogP contribution < -0.4 is 5.43 Å². The molecule has 5 nitrogen and oxygen atoms in total. The number of nitrogens with zero attached hydrogens (tertiary/aromatic N) is 3. The summed E-state index contributed by atoms with van der Waals surface area (Å²) in [4.78, 5) is 12.1. The maximum atomic E-state index is 12.1. The Kier molecular flexibility index (Phi) is 4.73. The fourth-order valence-electron chi connectivity index (χ4n) is 2.45. The number of amides is 1. The van der Waals surface area contributed by atoms with E-state index in [1.165, 1.54) is 0 Å². The molecule has 1 N–H and O–H groups in total. The quantitative estimate of drug-likeness (QED) is 0.553. The van der Waals surface area contributed by atoms with Crippen LogP contribution >= 0.6 is 15.9 Å². The Hall–Kier alpha value is -2.91. The Morgan fingerprint density at radius 1 is 1.25 bits per heavy atom. The first kappa shape index (κ1) is 16.0. The van der Waals surface area contributed by atoms with Crippen LogP contribution in [0.1, 0.15) is 15.9 Å².